The first-order valence-corrected chi connectivity index (χ1v) is 4.46. The molecule has 12 heavy (non-hydrogen) atoms. The van der Waals surface area contributed by atoms with Crippen molar-refractivity contribution in [3.8, 4) is 11.8 Å². The molecule has 0 heterocycles. The van der Waals surface area contributed by atoms with Crippen LogP contribution >= 0.6 is 15.9 Å². The van der Waals surface area contributed by atoms with E-state index in [0.29, 0.717) is 10.9 Å². The number of benzene rings is 1. The number of nitrogens with two attached hydrogens (primary N) is 1. The highest BCUT2D eigenvalue weighted by molar-refractivity contribution is 9.09. The SMILES string of the molecule is Nc1ccc(C#CCBr)cc1F. The van der Waals surface area contributed by atoms with E-state index in [-0.39, 0.29) is 5.69 Å². The molecule has 1 rings (SSSR count). The standard InChI is InChI=1S/C9H7BrFN/c10-5-1-2-7-3-4-9(12)8(11)6-7/h3-4,6H,5,12H2. The van der Waals surface area contributed by atoms with Crippen molar-refractivity contribution in [1.82, 2.24) is 0 Å². The molecule has 0 aliphatic heterocycles. The fraction of sp³-hybridized carbons (Fsp3) is 0.111. The van der Waals surface area contributed by atoms with E-state index in [1.54, 1.807) is 6.07 Å². The normalized spacial score (nSPS) is 8.83. The highest BCUT2D eigenvalue weighted by atomic mass is 79.9. The number of hydrogen-bond acceptors (Lipinski definition) is 1. The molecule has 1 aromatic rings. The first-order valence-electron chi connectivity index (χ1n) is 3.34. The van der Waals surface area contributed by atoms with Crippen LogP contribution in [0.15, 0.2) is 18.2 Å². The van der Waals surface area contributed by atoms with E-state index in [2.05, 4.69) is 27.8 Å². The van der Waals surface area contributed by atoms with Gasteiger partial charge in [-0.2, -0.15) is 0 Å². The minimum atomic E-state index is -0.420. The monoisotopic (exact) mass is 227 g/mol. The lowest BCUT2D eigenvalue weighted by atomic mass is 10.2. The molecule has 0 aliphatic rings. The summed E-state index contributed by atoms with van der Waals surface area (Å²) in [7, 11) is 0. The van der Waals surface area contributed by atoms with Crippen LogP contribution in [0.5, 0.6) is 0 Å². The topological polar surface area (TPSA) is 26.0 Å². The molecule has 0 fully saturated rings. The molecule has 0 saturated carbocycles. The Hall–Kier alpha value is -1.01. The van der Waals surface area contributed by atoms with Crippen LogP contribution in [0.2, 0.25) is 0 Å². The minimum absolute atomic E-state index is 0.152. The fourth-order valence-corrected chi connectivity index (χ4v) is 0.881. The van der Waals surface area contributed by atoms with Crippen LogP contribution in [0.25, 0.3) is 0 Å². The molecular weight excluding hydrogens is 221 g/mol. The minimum Gasteiger partial charge on any atom is -0.396 e. The van der Waals surface area contributed by atoms with Gasteiger partial charge < -0.3 is 5.73 Å². The predicted molar refractivity (Wildman–Crippen MR) is 51.5 cm³/mol. The quantitative estimate of drug-likeness (QED) is 0.411. The van der Waals surface area contributed by atoms with Gasteiger partial charge in [-0.1, -0.05) is 27.8 Å². The van der Waals surface area contributed by atoms with Crippen LogP contribution in [0.4, 0.5) is 10.1 Å². The second-order valence-corrected chi connectivity index (χ2v) is 2.73. The number of hydrogen-bond donors (Lipinski definition) is 1. The molecule has 3 heteroatoms. The lowest BCUT2D eigenvalue weighted by Crippen LogP contribution is -1.90. The summed E-state index contributed by atoms with van der Waals surface area (Å²) in [5.41, 5.74) is 6.08. The molecule has 0 amide bonds. The molecular formula is C9H7BrFN. The van der Waals surface area contributed by atoms with Gasteiger partial charge in [-0.3, -0.25) is 0 Å². The van der Waals surface area contributed by atoms with Gasteiger partial charge in [-0.15, -0.1) is 0 Å². The molecule has 62 valence electrons. The predicted octanol–water partition coefficient (Wildman–Crippen LogP) is 2.15. The van der Waals surface area contributed by atoms with Gasteiger partial charge in [0.1, 0.15) is 5.82 Å². The molecule has 0 aliphatic carbocycles. The number of halogens is 2. The molecule has 0 saturated heterocycles. The van der Waals surface area contributed by atoms with Crippen molar-refractivity contribution >= 4 is 21.6 Å². The highest BCUT2D eigenvalue weighted by Crippen LogP contribution is 2.10. The average molecular weight is 228 g/mol. The van der Waals surface area contributed by atoms with Crippen molar-refractivity contribution in [3.63, 3.8) is 0 Å². The zero-order valence-electron chi connectivity index (χ0n) is 6.27. The van der Waals surface area contributed by atoms with Crippen LogP contribution in [0.3, 0.4) is 0 Å². The lowest BCUT2D eigenvalue weighted by Gasteiger charge is -1.95. The highest BCUT2D eigenvalue weighted by Gasteiger charge is 1.96. The number of nitrogen functional groups attached to an aromatic ring is 1. The number of alkyl halides is 1. The number of rotatable bonds is 0. The van der Waals surface area contributed by atoms with Crippen molar-refractivity contribution in [2.75, 3.05) is 11.1 Å². The molecule has 0 aromatic heterocycles. The van der Waals surface area contributed by atoms with Gasteiger partial charge >= 0.3 is 0 Å². The third-order valence-electron chi connectivity index (χ3n) is 1.30. The van der Waals surface area contributed by atoms with E-state index in [4.69, 9.17) is 5.73 Å². The van der Waals surface area contributed by atoms with E-state index in [9.17, 15) is 4.39 Å². The van der Waals surface area contributed by atoms with Gasteiger partial charge in [-0.05, 0) is 18.2 Å². The maximum Gasteiger partial charge on any atom is 0.147 e. The van der Waals surface area contributed by atoms with Crippen molar-refractivity contribution in [2.45, 2.75) is 0 Å². The van der Waals surface area contributed by atoms with Crippen molar-refractivity contribution < 1.29 is 4.39 Å². The van der Waals surface area contributed by atoms with Crippen LogP contribution < -0.4 is 5.73 Å². The van der Waals surface area contributed by atoms with Crippen LogP contribution in [0.1, 0.15) is 5.56 Å². The summed E-state index contributed by atoms with van der Waals surface area (Å²) in [5.74, 6) is 5.12. The summed E-state index contributed by atoms with van der Waals surface area (Å²) < 4.78 is 12.8. The van der Waals surface area contributed by atoms with Crippen molar-refractivity contribution in [3.05, 3.63) is 29.6 Å². The van der Waals surface area contributed by atoms with Gasteiger partial charge in [-0.25, -0.2) is 4.39 Å². The smallest absolute Gasteiger partial charge is 0.147 e. The van der Waals surface area contributed by atoms with Crippen LogP contribution in [-0.2, 0) is 0 Å². The Morgan fingerprint density at radius 2 is 2.25 bits per heavy atom. The second kappa shape index (κ2) is 4.13. The average Bonchev–Trinajstić information content (AvgIpc) is 2.07. The van der Waals surface area contributed by atoms with Crippen molar-refractivity contribution in [1.29, 1.82) is 0 Å². The first-order chi connectivity index (χ1) is 5.74. The van der Waals surface area contributed by atoms with E-state index in [1.807, 2.05) is 0 Å². The van der Waals surface area contributed by atoms with Gasteiger partial charge in [0.05, 0.1) is 11.0 Å². The van der Waals surface area contributed by atoms with Crippen LogP contribution in [0, 0.1) is 17.7 Å². The first kappa shape index (κ1) is 9.08. The van der Waals surface area contributed by atoms with Crippen molar-refractivity contribution in [2.24, 2.45) is 0 Å². The summed E-state index contributed by atoms with van der Waals surface area (Å²) in [4.78, 5) is 0. The maximum absolute atomic E-state index is 12.8. The zero-order valence-corrected chi connectivity index (χ0v) is 7.86. The molecule has 0 atom stereocenters. The summed E-state index contributed by atoms with van der Waals surface area (Å²) in [6, 6.07) is 4.52. The molecule has 2 N–H and O–H groups in total. The van der Waals surface area contributed by atoms with E-state index < -0.39 is 5.82 Å². The van der Waals surface area contributed by atoms with E-state index in [1.165, 1.54) is 12.1 Å². The van der Waals surface area contributed by atoms with Gasteiger partial charge in [0, 0.05) is 5.56 Å². The summed E-state index contributed by atoms with van der Waals surface area (Å²) >= 11 is 3.15. The molecule has 1 aromatic carbocycles. The fourth-order valence-electron chi connectivity index (χ4n) is 0.740. The molecule has 0 bridgehead atoms. The molecule has 0 spiro atoms. The van der Waals surface area contributed by atoms with Gasteiger partial charge in [0.15, 0.2) is 0 Å². The summed E-state index contributed by atoms with van der Waals surface area (Å²) in [6.07, 6.45) is 0. The lowest BCUT2D eigenvalue weighted by molar-refractivity contribution is 0.632. The summed E-state index contributed by atoms with van der Waals surface area (Å²) in [5, 5.41) is 0.582. The Morgan fingerprint density at radius 1 is 1.50 bits per heavy atom. The second-order valence-electron chi connectivity index (χ2n) is 2.17. The maximum atomic E-state index is 12.8. The molecule has 1 nitrogen and oxygen atoms in total. The molecule has 0 radical (unpaired) electrons. The van der Waals surface area contributed by atoms with Gasteiger partial charge in [0.2, 0.25) is 0 Å². The number of anilines is 1. The zero-order chi connectivity index (χ0) is 8.97. The van der Waals surface area contributed by atoms with E-state index in [0.717, 1.165) is 0 Å². The third-order valence-corrected chi connectivity index (χ3v) is 1.58. The Bertz CT molecular complexity index is 338. The Labute approximate surface area is 78.9 Å². The Morgan fingerprint density at radius 3 is 2.83 bits per heavy atom. The van der Waals surface area contributed by atoms with Gasteiger partial charge in [0.25, 0.3) is 0 Å². The Kier molecular flexibility index (Phi) is 3.12. The molecule has 0 unspecified atom stereocenters. The van der Waals surface area contributed by atoms with Crippen LogP contribution in [-0.4, -0.2) is 5.33 Å². The summed E-state index contributed by atoms with van der Waals surface area (Å²) in [6.45, 7) is 0. The Balaban J connectivity index is 2.97. The third kappa shape index (κ3) is 2.24. The largest absolute Gasteiger partial charge is 0.396 e. The van der Waals surface area contributed by atoms with E-state index >= 15 is 0 Å².